The van der Waals surface area contributed by atoms with Gasteiger partial charge in [0.25, 0.3) is 0 Å². The van der Waals surface area contributed by atoms with Crippen LogP contribution >= 0.6 is 27.3 Å². The number of nitrogens with two attached hydrogens (primary N) is 1. The van der Waals surface area contributed by atoms with Crippen LogP contribution in [0.2, 0.25) is 0 Å². The normalized spacial score (nSPS) is 13.2. The van der Waals surface area contributed by atoms with Crippen molar-refractivity contribution in [3.63, 3.8) is 0 Å². The summed E-state index contributed by atoms with van der Waals surface area (Å²) < 4.78 is 6.71. The van der Waals surface area contributed by atoms with Gasteiger partial charge in [0.05, 0.1) is 0 Å². The van der Waals surface area contributed by atoms with Crippen molar-refractivity contribution in [3.05, 3.63) is 20.8 Å². The molecule has 0 aliphatic carbocycles. The molecule has 0 radical (unpaired) electrons. The molecule has 0 bridgehead atoms. The standard InChI is InChI=1S/C9H14BrNOS/c1-2-3-12-8(5-11)9-4-7(10)6-13-9/h4,6,8H,2-3,5,11H2,1H3. The lowest BCUT2D eigenvalue weighted by Gasteiger charge is -2.13. The van der Waals surface area contributed by atoms with Gasteiger partial charge in [-0.1, -0.05) is 6.92 Å². The lowest BCUT2D eigenvalue weighted by Crippen LogP contribution is -2.15. The average molecular weight is 264 g/mol. The predicted octanol–water partition coefficient (Wildman–Crippen LogP) is 2.94. The zero-order valence-corrected chi connectivity index (χ0v) is 10.0. The maximum Gasteiger partial charge on any atom is 0.104 e. The third-order valence-corrected chi connectivity index (χ3v) is 3.43. The molecular formula is C9H14BrNOS. The Hall–Kier alpha value is 0.1000. The molecule has 1 rings (SSSR count). The first kappa shape index (κ1) is 11.2. The second-order valence-electron chi connectivity index (χ2n) is 2.76. The summed E-state index contributed by atoms with van der Waals surface area (Å²) in [6.45, 7) is 3.42. The van der Waals surface area contributed by atoms with E-state index >= 15 is 0 Å². The molecule has 1 aromatic rings. The van der Waals surface area contributed by atoms with E-state index < -0.39 is 0 Å². The first-order valence-corrected chi connectivity index (χ1v) is 6.00. The lowest BCUT2D eigenvalue weighted by atomic mass is 10.3. The van der Waals surface area contributed by atoms with Crippen LogP contribution in [0.3, 0.4) is 0 Å². The van der Waals surface area contributed by atoms with Gasteiger partial charge in [0.15, 0.2) is 0 Å². The molecule has 0 fully saturated rings. The fraction of sp³-hybridized carbons (Fsp3) is 0.556. The molecule has 1 atom stereocenters. The Morgan fingerprint density at radius 2 is 2.46 bits per heavy atom. The van der Waals surface area contributed by atoms with Crippen LogP contribution in [0, 0.1) is 0 Å². The molecule has 0 saturated heterocycles. The van der Waals surface area contributed by atoms with Gasteiger partial charge in [-0.25, -0.2) is 0 Å². The van der Waals surface area contributed by atoms with Crippen LogP contribution in [-0.2, 0) is 4.74 Å². The van der Waals surface area contributed by atoms with Crippen molar-refractivity contribution in [3.8, 4) is 0 Å². The van der Waals surface area contributed by atoms with Gasteiger partial charge in [0.1, 0.15) is 6.10 Å². The van der Waals surface area contributed by atoms with Crippen LogP contribution in [0.5, 0.6) is 0 Å². The largest absolute Gasteiger partial charge is 0.371 e. The van der Waals surface area contributed by atoms with Crippen molar-refractivity contribution in [2.24, 2.45) is 5.73 Å². The van der Waals surface area contributed by atoms with E-state index in [4.69, 9.17) is 10.5 Å². The lowest BCUT2D eigenvalue weighted by molar-refractivity contribution is 0.0615. The average Bonchev–Trinajstić information content (AvgIpc) is 2.54. The van der Waals surface area contributed by atoms with Crippen LogP contribution in [0.15, 0.2) is 15.9 Å². The third-order valence-electron chi connectivity index (χ3n) is 1.64. The maximum absolute atomic E-state index is 5.62. The van der Waals surface area contributed by atoms with Gasteiger partial charge in [0, 0.05) is 27.9 Å². The summed E-state index contributed by atoms with van der Waals surface area (Å²) in [5, 5.41) is 2.05. The van der Waals surface area contributed by atoms with Gasteiger partial charge in [-0.05, 0) is 28.4 Å². The number of hydrogen-bond acceptors (Lipinski definition) is 3. The molecular weight excluding hydrogens is 250 g/mol. The number of halogens is 1. The summed E-state index contributed by atoms with van der Waals surface area (Å²) in [6.07, 6.45) is 1.10. The van der Waals surface area contributed by atoms with Crippen LogP contribution in [0.25, 0.3) is 0 Å². The second-order valence-corrected chi connectivity index (χ2v) is 4.62. The molecule has 1 unspecified atom stereocenters. The highest BCUT2D eigenvalue weighted by atomic mass is 79.9. The van der Waals surface area contributed by atoms with Gasteiger partial charge >= 0.3 is 0 Å². The minimum atomic E-state index is 0.0660. The highest BCUT2D eigenvalue weighted by Crippen LogP contribution is 2.27. The van der Waals surface area contributed by atoms with Crippen molar-refractivity contribution in [1.29, 1.82) is 0 Å². The summed E-state index contributed by atoms with van der Waals surface area (Å²) in [6, 6.07) is 2.07. The van der Waals surface area contributed by atoms with E-state index in [0.717, 1.165) is 17.5 Å². The van der Waals surface area contributed by atoms with E-state index in [-0.39, 0.29) is 6.10 Å². The SMILES string of the molecule is CCCOC(CN)c1cc(Br)cs1. The minimum Gasteiger partial charge on any atom is -0.371 e. The van der Waals surface area contributed by atoms with Crippen LogP contribution in [-0.4, -0.2) is 13.2 Å². The Balaban J connectivity index is 2.56. The summed E-state index contributed by atoms with van der Waals surface area (Å²) >= 11 is 5.09. The zero-order chi connectivity index (χ0) is 9.68. The van der Waals surface area contributed by atoms with E-state index in [1.165, 1.54) is 4.88 Å². The van der Waals surface area contributed by atoms with Crippen molar-refractivity contribution in [2.45, 2.75) is 19.4 Å². The monoisotopic (exact) mass is 263 g/mol. The van der Waals surface area contributed by atoms with E-state index in [1.807, 2.05) is 5.38 Å². The highest BCUT2D eigenvalue weighted by Gasteiger charge is 2.11. The van der Waals surface area contributed by atoms with Crippen LogP contribution in [0.1, 0.15) is 24.3 Å². The number of thiophene rings is 1. The van der Waals surface area contributed by atoms with E-state index in [0.29, 0.717) is 6.54 Å². The molecule has 0 spiro atoms. The second kappa shape index (κ2) is 5.75. The minimum absolute atomic E-state index is 0.0660. The molecule has 0 aliphatic heterocycles. The maximum atomic E-state index is 5.62. The molecule has 0 aromatic carbocycles. The third kappa shape index (κ3) is 3.38. The molecule has 0 saturated carbocycles. The molecule has 0 aliphatic rings. The van der Waals surface area contributed by atoms with Gasteiger partial charge in [-0.2, -0.15) is 0 Å². The Morgan fingerprint density at radius 3 is 2.92 bits per heavy atom. The quantitative estimate of drug-likeness (QED) is 0.887. The summed E-state index contributed by atoms with van der Waals surface area (Å²) in [4.78, 5) is 1.20. The fourth-order valence-electron chi connectivity index (χ4n) is 1.02. The van der Waals surface area contributed by atoms with Crippen LogP contribution in [0.4, 0.5) is 0 Å². The van der Waals surface area contributed by atoms with E-state index in [9.17, 15) is 0 Å². The Kier molecular flexibility index (Phi) is 4.94. The first-order chi connectivity index (χ1) is 6.27. The van der Waals surface area contributed by atoms with Gasteiger partial charge in [0.2, 0.25) is 0 Å². The molecule has 1 heterocycles. The zero-order valence-electron chi connectivity index (χ0n) is 7.63. The number of rotatable bonds is 5. The van der Waals surface area contributed by atoms with Crippen molar-refractivity contribution >= 4 is 27.3 Å². The summed E-state index contributed by atoms with van der Waals surface area (Å²) in [7, 11) is 0. The first-order valence-electron chi connectivity index (χ1n) is 4.33. The van der Waals surface area contributed by atoms with Gasteiger partial charge in [-0.3, -0.25) is 0 Å². The number of hydrogen-bond donors (Lipinski definition) is 1. The molecule has 4 heteroatoms. The Labute approximate surface area is 91.2 Å². The molecule has 0 amide bonds. The molecule has 74 valence electrons. The topological polar surface area (TPSA) is 35.2 Å². The van der Waals surface area contributed by atoms with Crippen molar-refractivity contribution in [1.82, 2.24) is 0 Å². The van der Waals surface area contributed by atoms with Gasteiger partial charge in [-0.15, -0.1) is 11.3 Å². The fourth-order valence-corrected chi connectivity index (χ4v) is 2.53. The van der Waals surface area contributed by atoms with E-state index in [1.54, 1.807) is 11.3 Å². The Morgan fingerprint density at radius 1 is 1.69 bits per heavy atom. The molecule has 2 N–H and O–H groups in total. The Bertz CT molecular complexity index is 252. The molecule has 1 aromatic heterocycles. The highest BCUT2D eigenvalue weighted by molar-refractivity contribution is 9.10. The van der Waals surface area contributed by atoms with E-state index in [2.05, 4.69) is 28.9 Å². The smallest absolute Gasteiger partial charge is 0.104 e. The van der Waals surface area contributed by atoms with Gasteiger partial charge < -0.3 is 10.5 Å². The van der Waals surface area contributed by atoms with Crippen molar-refractivity contribution < 1.29 is 4.74 Å². The van der Waals surface area contributed by atoms with Crippen molar-refractivity contribution in [2.75, 3.05) is 13.2 Å². The molecule has 13 heavy (non-hydrogen) atoms. The summed E-state index contributed by atoms with van der Waals surface area (Å²) in [5.41, 5.74) is 5.62. The number of ether oxygens (including phenoxy) is 1. The molecule has 2 nitrogen and oxygen atoms in total. The van der Waals surface area contributed by atoms with Crippen LogP contribution < -0.4 is 5.73 Å². The predicted molar refractivity (Wildman–Crippen MR) is 60.1 cm³/mol. The summed E-state index contributed by atoms with van der Waals surface area (Å²) in [5.74, 6) is 0.